The van der Waals surface area contributed by atoms with Gasteiger partial charge in [0.1, 0.15) is 5.75 Å². The fourth-order valence-electron chi connectivity index (χ4n) is 2.00. The largest absolute Gasteiger partial charge is 0.505 e. The normalized spacial score (nSPS) is 18.9. The fraction of sp³-hybridized carbons (Fsp3) is 0.455. The van der Waals surface area contributed by atoms with Crippen LogP contribution >= 0.6 is 0 Å². The van der Waals surface area contributed by atoms with E-state index in [9.17, 15) is 23.6 Å². The van der Waals surface area contributed by atoms with Gasteiger partial charge in [0.15, 0.2) is 5.69 Å². The number of nitrogens with zero attached hydrogens (tertiary/aromatic N) is 1. The summed E-state index contributed by atoms with van der Waals surface area (Å²) in [6, 6.07) is 3.56. The Balaban J connectivity index is 2.22. The SMILES string of the molecule is O=[N+]([O-])c1cccc(O)c1NS(=O)(=O)CC1CCCO1. The minimum atomic E-state index is -3.84. The summed E-state index contributed by atoms with van der Waals surface area (Å²) < 4.78 is 31.2. The first-order chi connectivity index (χ1) is 9.39. The molecule has 0 radical (unpaired) electrons. The summed E-state index contributed by atoms with van der Waals surface area (Å²) in [5, 5.41) is 20.4. The Morgan fingerprint density at radius 3 is 2.85 bits per heavy atom. The molecule has 1 heterocycles. The third kappa shape index (κ3) is 3.36. The van der Waals surface area contributed by atoms with Crippen molar-refractivity contribution in [2.45, 2.75) is 18.9 Å². The first-order valence-electron chi connectivity index (χ1n) is 5.97. The lowest BCUT2D eigenvalue weighted by atomic mass is 10.2. The highest BCUT2D eigenvalue weighted by Gasteiger charge is 2.27. The second-order valence-corrected chi connectivity index (χ2v) is 6.21. The summed E-state index contributed by atoms with van der Waals surface area (Å²) in [4.78, 5) is 10.1. The van der Waals surface area contributed by atoms with Crippen molar-refractivity contribution in [2.24, 2.45) is 0 Å². The van der Waals surface area contributed by atoms with Crippen molar-refractivity contribution in [3.8, 4) is 5.75 Å². The smallest absolute Gasteiger partial charge is 0.297 e. The van der Waals surface area contributed by atoms with E-state index in [1.807, 2.05) is 0 Å². The van der Waals surface area contributed by atoms with E-state index in [1.54, 1.807) is 0 Å². The molecule has 1 aromatic carbocycles. The van der Waals surface area contributed by atoms with Gasteiger partial charge in [-0.3, -0.25) is 14.8 Å². The summed E-state index contributed by atoms with van der Waals surface area (Å²) in [5.41, 5.74) is -0.920. The highest BCUT2D eigenvalue weighted by molar-refractivity contribution is 7.92. The van der Waals surface area contributed by atoms with Crippen LogP contribution in [0.5, 0.6) is 5.75 Å². The zero-order valence-electron chi connectivity index (χ0n) is 10.5. The molecule has 1 aliphatic rings. The maximum absolute atomic E-state index is 12.0. The molecule has 110 valence electrons. The van der Waals surface area contributed by atoms with E-state index >= 15 is 0 Å². The quantitative estimate of drug-likeness (QED) is 0.479. The molecule has 1 unspecified atom stereocenters. The number of phenolic OH excluding ortho intramolecular Hbond substituents is 1. The highest BCUT2D eigenvalue weighted by atomic mass is 32.2. The molecule has 1 saturated heterocycles. The molecule has 1 atom stereocenters. The number of hydrogen-bond acceptors (Lipinski definition) is 6. The number of benzene rings is 1. The first-order valence-corrected chi connectivity index (χ1v) is 7.63. The van der Waals surface area contributed by atoms with Crippen LogP contribution in [0.2, 0.25) is 0 Å². The van der Waals surface area contributed by atoms with Crippen LogP contribution in [0.25, 0.3) is 0 Å². The van der Waals surface area contributed by atoms with Crippen LogP contribution in [0.3, 0.4) is 0 Å². The number of phenols is 1. The minimum absolute atomic E-state index is 0.293. The van der Waals surface area contributed by atoms with Gasteiger partial charge in [0, 0.05) is 12.7 Å². The molecular formula is C11H14N2O6S. The number of sulfonamides is 1. The monoisotopic (exact) mass is 302 g/mol. The number of nitro benzene ring substituents is 1. The molecule has 0 aliphatic carbocycles. The van der Waals surface area contributed by atoms with Gasteiger partial charge in [-0.25, -0.2) is 8.42 Å². The maximum atomic E-state index is 12.0. The van der Waals surface area contributed by atoms with Crippen molar-refractivity contribution in [3.05, 3.63) is 28.3 Å². The number of anilines is 1. The van der Waals surface area contributed by atoms with E-state index in [2.05, 4.69) is 4.72 Å². The zero-order valence-corrected chi connectivity index (χ0v) is 11.3. The summed E-state index contributed by atoms with van der Waals surface area (Å²) in [6.07, 6.45) is 0.998. The van der Waals surface area contributed by atoms with Gasteiger partial charge in [-0.1, -0.05) is 6.07 Å². The van der Waals surface area contributed by atoms with E-state index in [0.29, 0.717) is 13.0 Å². The van der Waals surface area contributed by atoms with E-state index < -0.39 is 38.2 Å². The van der Waals surface area contributed by atoms with Gasteiger partial charge in [0.25, 0.3) is 5.69 Å². The molecule has 8 nitrogen and oxygen atoms in total. The Bertz CT molecular complexity index is 609. The Morgan fingerprint density at radius 2 is 2.25 bits per heavy atom. The van der Waals surface area contributed by atoms with E-state index in [1.165, 1.54) is 12.1 Å². The molecule has 2 rings (SSSR count). The average molecular weight is 302 g/mol. The number of ether oxygens (including phenoxy) is 1. The molecule has 0 aromatic heterocycles. The Labute approximate surface area is 115 Å². The number of nitro groups is 1. The number of aromatic hydroxyl groups is 1. The topological polar surface area (TPSA) is 119 Å². The van der Waals surface area contributed by atoms with Gasteiger partial charge >= 0.3 is 0 Å². The molecule has 20 heavy (non-hydrogen) atoms. The van der Waals surface area contributed by atoms with Crippen LogP contribution in [0.15, 0.2) is 18.2 Å². The second kappa shape index (κ2) is 5.63. The molecule has 1 aliphatic heterocycles. The van der Waals surface area contributed by atoms with Crippen LogP contribution in [-0.4, -0.2) is 36.9 Å². The summed E-state index contributed by atoms with van der Waals surface area (Å²) in [5.74, 6) is -0.784. The predicted molar refractivity (Wildman–Crippen MR) is 71.1 cm³/mol. The van der Waals surface area contributed by atoms with Crippen LogP contribution in [-0.2, 0) is 14.8 Å². The lowest BCUT2D eigenvalue weighted by Gasteiger charge is -2.13. The standard InChI is InChI=1S/C11H14N2O6S/c14-10-5-1-4-9(13(15)16)11(10)12-20(17,18)7-8-3-2-6-19-8/h1,4-5,8,12,14H,2-3,6-7H2. The number of para-hydroxylation sites is 1. The summed E-state index contributed by atoms with van der Waals surface area (Å²) >= 11 is 0. The van der Waals surface area contributed by atoms with Gasteiger partial charge in [-0.05, 0) is 18.9 Å². The van der Waals surface area contributed by atoms with Crippen LogP contribution in [0.1, 0.15) is 12.8 Å². The third-order valence-corrected chi connectivity index (χ3v) is 4.23. The van der Waals surface area contributed by atoms with E-state index in [0.717, 1.165) is 12.5 Å². The average Bonchev–Trinajstić information content (AvgIpc) is 2.83. The molecule has 0 saturated carbocycles. The molecule has 0 spiro atoms. The van der Waals surface area contributed by atoms with Gasteiger partial charge < -0.3 is 9.84 Å². The first kappa shape index (κ1) is 14.5. The molecule has 0 bridgehead atoms. The zero-order chi connectivity index (χ0) is 14.8. The van der Waals surface area contributed by atoms with Crippen LogP contribution < -0.4 is 4.72 Å². The molecule has 9 heteroatoms. The second-order valence-electron chi connectivity index (χ2n) is 4.45. The van der Waals surface area contributed by atoms with Gasteiger partial charge in [-0.15, -0.1) is 0 Å². The highest BCUT2D eigenvalue weighted by Crippen LogP contribution is 2.34. The molecule has 0 amide bonds. The van der Waals surface area contributed by atoms with Gasteiger partial charge in [0.2, 0.25) is 10.0 Å². The van der Waals surface area contributed by atoms with E-state index in [-0.39, 0.29) is 5.75 Å². The lowest BCUT2D eigenvalue weighted by Crippen LogP contribution is -2.26. The Morgan fingerprint density at radius 1 is 1.50 bits per heavy atom. The van der Waals surface area contributed by atoms with Crippen LogP contribution in [0, 0.1) is 10.1 Å². The maximum Gasteiger partial charge on any atom is 0.297 e. The Kier molecular flexibility index (Phi) is 4.09. The molecule has 1 aromatic rings. The van der Waals surface area contributed by atoms with Crippen molar-refractivity contribution in [1.82, 2.24) is 0 Å². The van der Waals surface area contributed by atoms with Crippen molar-refractivity contribution in [2.75, 3.05) is 17.1 Å². The molecular weight excluding hydrogens is 288 g/mol. The van der Waals surface area contributed by atoms with Crippen molar-refractivity contribution >= 4 is 21.4 Å². The molecule has 1 fully saturated rings. The van der Waals surface area contributed by atoms with Crippen LogP contribution in [0.4, 0.5) is 11.4 Å². The predicted octanol–water partition coefficient (Wildman–Crippen LogP) is 1.22. The van der Waals surface area contributed by atoms with E-state index in [4.69, 9.17) is 4.74 Å². The summed E-state index contributed by atoms with van der Waals surface area (Å²) in [6.45, 7) is 0.511. The number of hydrogen-bond donors (Lipinski definition) is 2. The Hall–Kier alpha value is -1.87. The van der Waals surface area contributed by atoms with Gasteiger partial charge in [-0.2, -0.15) is 0 Å². The number of rotatable bonds is 5. The van der Waals surface area contributed by atoms with Gasteiger partial charge in [0.05, 0.1) is 16.8 Å². The third-order valence-electron chi connectivity index (χ3n) is 2.90. The fourth-order valence-corrected chi connectivity index (χ4v) is 3.36. The molecule has 2 N–H and O–H groups in total. The lowest BCUT2D eigenvalue weighted by molar-refractivity contribution is -0.383. The number of nitrogens with one attached hydrogen (secondary N) is 1. The van der Waals surface area contributed by atoms with Crippen molar-refractivity contribution in [1.29, 1.82) is 0 Å². The van der Waals surface area contributed by atoms with Crippen molar-refractivity contribution in [3.63, 3.8) is 0 Å². The summed E-state index contributed by atoms with van der Waals surface area (Å²) in [7, 11) is -3.84. The van der Waals surface area contributed by atoms with Crippen molar-refractivity contribution < 1.29 is 23.2 Å². The minimum Gasteiger partial charge on any atom is -0.505 e.